The van der Waals surface area contributed by atoms with Crippen molar-refractivity contribution in [1.29, 1.82) is 0 Å². The molecule has 0 heterocycles. The van der Waals surface area contributed by atoms with Crippen LogP contribution in [0.25, 0.3) is 0 Å². The van der Waals surface area contributed by atoms with Gasteiger partial charge in [0, 0.05) is 13.1 Å². The lowest BCUT2D eigenvalue weighted by Crippen LogP contribution is -2.45. The molecule has 1 rings (SSSR count). The number of halogens is 1. The van der Waals surface area contributed by atoms with Gasteiger partial charge in [0.05, 0.1) is 11.4 Å². The molecule has 26 heavy (non-hydrogen) atoms. The van der Waals surface area contributed by atoms with Crippen molar-refractivity contribution in [2.24, 2.45) is 0 Å². The van der Waals surface area contributed by atoms with Gasteiger partial charge in [0.25, 0.3) is 0 Å². The van der Waals surface area contributed by atoms with Crippen LogP contribution in [0, 0.1) is 5.82 Å². The zero-order valence-electron chi connectivity index (χ0n) is 15.3. The number of anilines is 2. The molecule has 0 aliphatic carbocycles. The molecule has 0 aliphatic rings. The van der Waals surface area contributed by atoms with Crippen LogP contribution in [0.2, 0.25) is 0 Å². The molecule has 1 aromatic rings. The van der Waals surface area contributed by atoms with Crippen LogP contribution in [0.4, 0.5) is 20.6 Å². The summed E-state index contributed by atoms with van der Waals surface area (Å²) in [6, 6.07) is 3.13. The maximum absolute atomic E-state index is 14.1. The number of nitrogens with zero attached hydrogens (tertiary/aromatic N) is 1. The second-order valence-corrected chi connectivity index (χ2v) is 6.74. The highest BCUT2D eigenvalue weighted by Crippen LogP contribution is 2.27. The summed E-state index contributed by atoms with van der Waals surface area (Å²) in [6.07, 6.45) is 0.754. The number of carbonyl (C=O) groups excluding carboxylic acids is 1. The Morgan fingerprint density at radius 3 is 2.62 bits per heavy atom. The Morgan fingerprint density at radius 1 is 1.46 bits per heavy atom. The highest BCUT2D eigenvalue weighted by Gasteiger charge is 2.25. The number of benzene rings is 1. The number of carbonyl (C=O) groups is 2. The zero-order chi connectivity index (χ0) is 19.9. The van der Waals surface area contributed by atoms with Crippen molar-refractivity contribution in [1.82, 2.24) is 5.32 Å². The number of aliphatic carboxylic acids is 1. The number of carboxylic acid groups (broad SMARTS) is 1. The molecule has 0 saturated heterocycles. The maximum atomic E-state index is 14.1. The van der Waals surface area contributed by atoms with Crippen molar-refractivity contribution in [3.63, 3.8) is 0 Å². The van der Waals surface area contributed by atoms with Crippen molar-refractivity contribution in [3.8, 4) is 0 Å². The number of nitrogens with two attached hydrogens (primary N) is 1. The van der Waals surface area contributed by atoms with Gasteiger partial charge in [0.2, 0.25) is 0 Å². The van der Waals surface area contributed by atoms with E-state index in [-0.39, 0.29) is 30.9 Å². The molecule has 144 valence electrons. The summed E-state index contributed by atoms with van der Waals surface area (Å²) in [5.74, 6) is -1.73. The van der Waals surface area contributed by atoms with Crippen molar-refractivity contribution in [2.45, 2.75) is 38.8 Å². The minimum absolute atomic E-state index is 0.0240. The SMILES string of the molecule is C=CCN(CCC(NC(=O)OC(C)(C)C)C(=O)O)c1c(N)cccc1F. The van der Waals surface area contributed by atoms with Gasteiger partial charge in [-0.2, -0.15) is 0 Å². The Bertz CT molecular complexity index is 638. The molecule has 1 aromatic carbocycles. The largest absolute Gasteiger partial charge is 0.480 e. The van der Waals surface area contributed by atoms with Crippen LogP contribution >= 0.6 is 0 Å². The third kappa shape index (κ3) is 6.62. The average molecular weight is 367 g/mol. The van der Waals surface area contributed by atoms with Gasteiger partial charge in [0.15, 0.2) is 0 Å². The van der Waals surface area contributed by atoms with Gasteiger partial charge in [-0.3, -0.25) is 0 Å². The summed E-state index contributed by atoms with van der Waals surface area (Å²) in [7, 11) is 0. The van der Waals surface area contributed by atoms with Crippen LogP contribution in [-0.2, 0) is 9.53 Å². The predicted molar refractivity (Wildman–Crippen MR) is 98.6 cm³/mol. The van der Waals surface area contributed by atoms with Gasteiger partial charge in [-0.1, -0.05) is 12.1 Å². The number of alkyl carbamates (subject to hydrolysis) is 1. The monoisotopic (exact) mass is 367 g/mol. The maximum Gasteiger partial charge on any atom is 0.408 e. The molecule has 1 unspecified atom stereocenters. The average Bonchev–Trinajstić information content (AvgIpc) is 2.48. The second-order valence-electron chi connectivity index (χ2n) is 6.74. The summed E-state index contributed by atoms with van der Waals surface area (Å²) in [4.78, 5) is 24.8. The fraction of sp³-hybridized carbons (Fsp3) is 0.444. The van der Waals surface area contributed by atoms with E-state index in [9.17, 15) is 19.1 Å². The number of para-hydroxylation sites is 1. The van der Waals surface area contributed by atoms with Crippen LogP contribution in [0.3, 0.4) is 0 Å². The van der Waals surface area contributed by atoms with Gasteiger partial charge < -0.3 is 25.8 Å². The number of nitrogens with one attached hydrogen (secondary N) is 1. The minimum Gasteiger partial charge on any atom is -0.480 e. The Labute approximate surface area is 152 Å². The number of hydrogen-bond donors (Lipinski definition) is 3. The van der Waals surface area contributed by atoms with E-state index in [1.165, 1.54) is 12.1 Å². The van der Waals surface area contributed by atoms with E-state index in [1.54, 1.807) is 37.8 Å². The normalized spacial score (nSPS) is 12.2. The number of carboxylic acids is 1. The van der Waals surface area contributed by atoms with E-state index < -0.39 is 29.5 Å². The molecule has 0 fully saturated rings. The van der Waals surface area contributed by atoms with Gasteiger partial charge in [-0.15, -0.1) is 6.58 Å². The Kier molecular flexibility index (Phi) is 7.42. The third-order valence-electron chi connectivity index (χ3n) is 3.36. The lowest BCUT2D eigenvalue weighted by Gasteiger charge is -2.27. The number of ether oxygens (including phenoxy) is 1. The second kappa shape index (κ2) is 9.07. The number of hydrogen-bond acceptors (Lipinski definition) is 5. The summed E-state index contributed by atoms with van der Waals surface area (Å²) >= 11 is 0. The Morgan fingerprint density at radius 2 is 2.12 bits per heavy atom. The lowest BCUT2D eigenvalue weighted by molar-refractivity contribution is -0.139. The van der Waals surface area contributed by atoms with Crippen LogP contribution in [-0.4, -0.2) is 41.9 Å². The molecule has 0 saturated carbocycles. The Balaban J connectivity index is 2.86. The molecule has 0 aliphatic heterocycles. The van der Waals surface area contributed by atoms with E-state index >= 15 is 0 Å². The first kappa shape index (κ1) is 21.3. The lowest BCUT2D eigenvalue weighted by atomic mass is 10.1. The molecule has 0 aromatic heterocycles. The molecule has 0 bridgehead atoms. The van der Waals surface area contributed by atoms with E-state index in [4.69, 9.17) is 10.5 Å². The summed E-state index contributed by atoms with van der Waals surface area (Å²) < 4.78 is 19.2. The van der Waals surface area contributed by atoms with Crippen molar-refractivity contribution in [2.75, 3.05) is 23.7 Å². The minimum atomic E-state index is -1.21. The van der Waals surface area contributed by atoms with Gasteiger partial charge in [-0.05, 0) is 39.3 Å². The molecule has 0 spiro atoms. The fourth-order valence-corrected chi connectivity index (χ4v) is 2.31. The molecule has 7 nitrogen and oxygen atoms in total. The molecule has 1 atom stereocenters. The fourth-order valence-electron chi connectivity index (χ4n) is 2.31. The molecule has 1 amide bonds. The topological polar surface area (TPSA) is 105 Å². The van der Waals surface area contributed by atoms with Crippen molar-refractivity contribution in [3.05, 3.63) is 36.7 Å². The van der Waals surface area contributed by atoms with Crippen molar-refractivity contribution < 1.29 is 23.8 Å². The first-order valence-electron chi connectivity index (χ1n) is 8.17. The molecule has 8 heteroatoms. The molecular weight excluding hydrogens is 341 g/mol. The molecule has 0 radical (unpaired) electrons. The van der Waals surface area contributed by atoms with Crippen LogP contribution in [0.1, 0.15) is 27.2 Å². The third-order valence-corrected chi connectivity index (χ3v) is 3.36. The van der Waals surface area contributed by atoms with Crippen molar-refractivity contribution >= 4 is 23.4 Å². The highest BCUT2D eigenvalue weighted by molar-refractivity contribution is 5.80. The number of amides is 1. The van der Waals surface area contributed by atoms with E-state index in [2.05, 4.69) is 11.9 Å². The van der Waals surface area contributed by atoms with Gasteiger partial charge in [0.1, 0.15) is 17.5 Å². The van der Waals surface area contributed by atoms with E-state index in [1.807, 2.05) is 0 Å². The summed E-state index contributed by atoms with van der Waals surface area (Å²) in [5, 5.41) is 11.6. The first-order chi connectivity index (χ1) is 12.0. The standard InChI is InChI=1S/C18H26FN3O4/c1-5-10-22(15-12(19)7-6-8-13(15)20)11-9-14(16(23)24)21-17(25)26-18(2,3)4/h5-8,14H,1,9-11,20H2,2-4H3,(H,21,25)(H,23,24). The van der Waals surface area contributed by atoms with Crippen LogP contribution < -0.4 is 16.0 Å². The summed E-state index contributed by atoms with van der Waals surface area (Å²) in [5.41, 5.74) is 5.51. The van der Waals surface area contributed by atoms with Crippen LogP contribution in [0.5, 0.6) is 0 Å². The van der Waals surface area contributed by atoms with E-state index in [0.29, 0.717) is 0 Å². The Hall–Kier alpha value is -2.77. The van der Waals surface area contributed by atoms with E-state index in [0.717, 1.165) is 0 Å². The molecule has 4 N–H and O–H groups in total. The van der Waals surface area contributed by atoms with Gasteiger partial charge >= 0.3 is 12.1 Å². The number of nitrogen functional groups attached to an aromatic ring is 1. The van der Waals surface area contributed by atoms with Crippen LogP contribution in [0.15, 0.2) is 30.9 Å². The predicted octanol–water partition coefficient (Wildman–Crippen LogP) is 2.77. The quantitative estimate of drug-likeness (QED) is 0.482. The summed E-state index contributed by atoms with van der Waals surface area (Å²) in [6.45, 7) is 9.06. The number of rotatable bonds is 8. The van der Waals surface area contributed by atoms with Gasteiger partial charge in [-0.25, -0.2) is 14.0 Å². The first-order valence-corrected chi connectivity index (χ1v) is 8.17. The smallest absolute Gasteiger partial charge is 0.408 e. The molecular formula is C18H26FN3O4. The zero-order valence-corrected chi connectivity index (χ0v) is 15.3. The highest BCUT2D eigenvalue weighted by atomic mass is 19.1.